The zero-order chi connectivity index (χ0) is 19.4. The van der Waals surface area contributed by atoms with E-state index in [4.69, 9.17) is 4.74 Å². The van der Waals surface area contributed by atoms with Crippen molar-refractivity contribution in [3.63, 3.8) is 0 Å². The summed E-state index contributed by atoms with van der Waals surface area (Å²) in [6, 6.07) is 0. The van der Waals surface area contributed by atoms with Crippen LogP contribution < -0.4 is 5.56 Å². The molecule has 2 aromatic heterocycles. The van der Waals surface area contributed by atoms with E-state index in [9.17, 15) is 14.7 Å². The Morgan fingerprint density at radius 2 is 2.22 bits per heavy atom. The van der Waals surface area contributed by atoms with Gasteiger partial charge in [0.1, 0.15) is 23.4 Å². The Kier molecular flexibility index (Phi) is 6.62. The molecule has 0 saturated carbocycles. The number of aryl methyl sites for hydroxylation is 2. The van der Waals surface area contributed by atoms with Gasteiger partial charge in [-0.3, -0.25) is 14.5 Å². The average Bonchev–Trinajstić information content (AvgIpc) is 3.20. The molecule has 2 heterocycles. The molecule has 0 spiro atoms. The topological polar surface area (TPSA) is 95.5 Å². The Labute approximate surface area is 162 Å². The highest BCUT2D eigenvalue weighted by Crippen LogP contribution is 2.34. The normalized spacial score (nSPS) is 14.7. The maximum atomic E-state index is 12.5. The molecular formula is C19H27N3O4S. The van der Waals surface area contributed by atoms with E-state index in [1.807, 2.05) is 18.7 Å². The highest BCUT2D eigenvalue weighted by atomic mass is 32.1. The van der Waals surface area contributed by atoms with Crippen molar-refractivity contribution in [3.8, 4) is 0 Å². The fraction of sp³-hybridized carbons (Fsp3) is 0.632. The number of fused-ring (bicyclic) bond motifs is 3. The van der Waals surface area contributed by atoms with Crippen LogP contribution in [0.2, 0.25) is 0 Å². The molecule has 8 heteroatoms. The molecule has 3 rings (SSSR count). The van der Waals surface area contributed by atoms with Crippen molar-refractivity contribution < 1.29 is 14.6 Å². The molecule has 0 saturated heterocycles. The summed E-state index contributed by atoms with van der Waals surface area (Å²) in [5, 5.41) is 10.9. The molecule has 1 aliphatic carbocycles. The van der Waals surface area contributed by atoms with Gasteiger partial charge in [0.05, 0.1) is 11.9 Å². The number of aliphatic hydroxyl groups is 1. The van der Waals surface area contributed by atoms with Crippen molar-refractivity contribution in [1.82, 2.24) is 14.9 Å². The minimum atomic E-state index is -0.772. The van der Waals surface area contributed by atoms with E-state index in [2.05, 4.69) is 9.97 Å². The summed E-state index contributed by atoms with van der Waals surface area (Å²) in [4.78, 5) is 35.6. The Balaban J connectivity index is 1.64. The first-order chi connectivity index (χ1) is 13.0. The van der Waals surface area contributed by atoms with Crippen LogP contribution in [0.25, 0.3) is 10.2 Å². The summed E-state index contributed by atoms with van der Waals surface area (Å²) >= 11 is 1.62. The van der Waals surface area contributed by atoms with Crippen molar-refractivity contribution in [2.75, 3.05) is 19.7 Å². The van der Waals surface area contributed by atoms with Gasteiger partial charge in [-0.25, -0.2) is 4.98 Å². The molecule has 0 bridgehead atoms. The van der Waals surface area contributed by atoms with Crippen molar-refractivity contribution in [3.05, 3.63) is 26.6 Å². The molecule has 0 fully saturated rings. The van der Waals surface area contributed by atoms with Gasteiger partial charge in [-0.1, -0.05) is 13.8 Å². The number of aromatic amines is 1. The predicted molar refractivity (Wildman–Crippen MR) is 105 cm³/mol. The molecule has 148 valence electrons. The summed E-state index contributed by atoms with van der Waals surface area (Å²) in [5.74, 6) is 0.311. The summed E-state index contributed by atoms with van der Waals surface area (Å²) in [7, 11) is 0. The standard InChI is InChI=1S/C19H27N3O4S/c1-3-6-16(24)26-11-12(23)9-22(4-2)10-15-20-18(25)17-13-7-5-8-14(13)27-19(17)21-15/h12,23H,3-11H2,1-2H3,(H,20,21,25). The van der Waals surface area contributed by atoms with E-state index >= 15 is 0 Å². The van der Waals surface area contributed by atoms with Crippen LogP contribution >= 0.6 is 11.3 Å². The average molecular weight is 394 g/mol. The highest BCUT2D eigenvalue weighted by Gasteiger charge is 2.21. The summed E-state index contributed by atoms with van der Waals surface area (Å²) in [6.07, 6.45) is 3.43. The van der Waals surface area contributed by atoms with Crippen molar-refractivity contribution >= 4 is 27.5 Å². The van der Waals surface area contributed by atoms with Crippen LogP contribution in [0.4, 0.5) is 0 Å². The molecule has 0 aliphatic heterocycles. The number of thiophene rings is 1. The molecular weight excluding hydrogens is 366 g/mol. The molecule has 1 unspecified atom stereocenters. The van der Waals surface area contributed by atoms with Gasteiger partial charge in [-0.2, -0.15) is 0 Å². The maximum absolute atomic E-state index is 12.5. The van der Waals surface area contributed by atoms with Gasteiger partial charge in [-0.05, 0) is 37.8 Å². The van der Waals surface area contributed by atoms with Crippen molar-refractivity contribution in [2.24, 2.45) is 0 Å². The van der Waals surface area contributed by atoms with E-state index < -0.39 is 6.10 Å². The molecule has 2 N–H and O–H groups in total. The number of aromatic nitrogens is 2. The molecule has 1 aliphatic rings. The highest BCUT2D eigenvalue weighted by molar-refractivity contribution is 7.18. The van der Waals surface area contributed by atoms with E-state index in [0.29, 0.717) is 31.9 Å². The zero-order valence-electron chi connectivity index (χ0n) is 15.9. The minimum absolute atomic E-state index is 0.0179. The van der Waals surface area contributed by atoms with E-state index in [0.717, 1.165) is 35.9 Å². The lowest BCUT2D eigenvalue weighted by atomic mass is 10.2. The third-order valence-electron chi connectivity index (χ3n) is 4.80. The summed E-state index contributed by atoms with van der Waals surface area (Å²) in [5.41, 5.74) is 1.10. The van der Waals surface area contributed by atoms with E-state index in [-0.39, 0.29) is 18.1 Å². The van der Waals surface area contributed by atoms with Crippen LogP contribution in [0.5, 0.6) is 0 Å². The van der Waals surface area contributed by atoms with Crippen LogP contribution in [0.3, 0.4) is 0 Å². The Hall–Kier alpha value is -1.77. The maximum Gasteiger partial charge on any atom is 0.305 e. The lowest BCUT2D eigenvalue weighted by Crippen LogP contribution is -2.35. The number of carbonyl (C=O) groups excluding carboxylic acids is 1. The van der Waals surface area contributed by atoms with Crippen LogP contribution in [-0.2, 0) is 28.9 Å². The van der Waals surface area contributed by atoms with Crippen LogP contribution in [0.1, 0.15) is 49.4 Å². The van der Waals surface area contributed by atoms with Gasteiger partial charge in [0.25, 0.3) is 5.56 Å². The van der Waals surface area contributed by atoms with Crippen molar-refractivity contribution in [2.45, 2.75) is 58.6 Å². The molecule has 1 atom stereocenters. The van der Waals surface area contributed by atoms with Crippen LogP contribution in [0, 0.1) is 0 Å². The SMILES string of the molecule is CCCC(=O)OCC(O)CN(CC)Cc1nc2sc3c(c2c(=O)[nH]1)CCC3. The number of aliphatic hydroxyl groups excluding tert-OH is 1. The molecule has 0 radical (unpaired) electrons. The zero-order valence-corrected chi connectivity index (χ0v) is 16.7. The fourth-order valence-corrected chi connectivity index (χ4v) is 4.74. The second kappa shape index (κ2) is 8.95. The van der Waals surface area contributed by atoms with Gasteiger partial charge in [0, 0.05) is 17.8 Å². The monoisotopic (exact) mass is 393 g/mol. The predicted octanol–water partition coefficient (Wildman–Crippen LogP) is 2.00. The number of rotatable bonds is 9. The number of likely N-dealkylation sites (N-methyl/N-ethyl adjacent to an activating group) is 1. The lowest BCUT2D eigenvalue weighted by Gasteiger charge is -2.22. The number of hydrogen-bond acceptors (Lipinski definition) is 7. The number of hydrogen-bond donors (Lipinski definition) is 2. The third-order valence-corrected chi connectivity index (χ3v) is 5.99. The molecule has 2 aromatic rings. The largest absolute Gasteiger partial charge is 0.463 e. The second-order valence-corrected chi connectivity index (χ2v) is 8.05. The number of nitrogens with zero attached hydrogens (tertiary/aromatic N) is 2. The molecule has 7 nitrogen and oxygen atoms in total. The number of H-pyrrole nitrogens is 1. The first kappa shape index (κ1) is 20.0. The number of ether oxygens (including phenoxy) is 1. The van der Waals surface area contributed by atoms with Crippen LogP contribution in [-0.4, -0.2) is 51.7 Å². The summed E-state index contributed by atoms with van der Waals surface area (Å²) in [6.45, 7) is 5.33. The first-order valence-corrected chi connectivity index (χ1v) is 10.4. The Bertz CT molecular complexity index is 860. The van der Waals surface area contributed by atoms with E-state index in [1.54, 1.807) is 11.3 Å². The molecule has 0 aromatic carbocycles. The number of nitrogens with one attached hydrogen (secondary N) is 1. The van der Waals surface area contributed by atoms with Crippen molar-refractivity contribution in [1.29, 1.82) is 0 Å². The minimum Gasteiger partial charge on any atom is -0.463 e. The van der Waals surface area contributed by atoms with Crippen LogP contribution in [0.15, 0.2) is 4.79 Å². The second-order valence-electron chi connectivity index (χ2n) is 6.96. The molecule has 0 amide bonds. The van der Waals surface area contributed by atoms with Gasteiger partial charge in [0.15, 0.2) is 0 Å². The van der Waals surface area contributed by atoms with Gasteiger partial charge >= 0.3 is 5.97 Å². The number of esters is 1. The van der Waals surface area contributed by atoms with Gasteiger partial charge < -0.3 is 14.8 Å². The number of carbonyl (C=O) groups is 1. The Morgan fingerprint density at radius 1 is 1.41 bits per heavy atom. The quantitative estimate of drug-likeness (QED) is 0.633. The lowest BCUT2D eigenvalue weighted by molar-refractivity contribution is -0.147. The fourth-order valence-electron chi connectivity index (χ4n) is 3.46. The Morgan fingerprint density at radius 3 is 2.96 bits per heavy atom. The first-order valence-electron chi connectivity index (χ1n) is 9.61. The van der Waals surface area contributed by atoms with E-state index in [1.165, 1.54) is 10.4 Å². The van der Waals surface area contributed by atoms with Gasteiger partial charge in [0.2, 0.25) is 0 Å². The van der Waals surface area contributed by atoms with Gasteiger partial charge in [-0.15, -0.1) is 11.3 Å². The summed E-state index contributed by atoms with van der Waals surface area (Å²) < 4.78 is 5.06. The molecule has 27 heavy (non-hydrogen) atoms. The third kappa shape index (κ3) is 4.75. The smallest absolute Gasteiger partial charge is 0.305 e.